The number of carbonyl (C=O) groups is 1. The van der Waals surface area contributed by atoms with Crippen molar-refractivity contribution in [3.05, 3.63) is 64.0 Å². The van der Waals surface area contributed by atoms with Gasteiger partial charge in [0.15, 0.2) is 0 Å². The zero-order chi connectivity index (χ0) is 15.5. The molecule has 0 aliphatic rings. The first-order chi connectivity index (χ1) is 10.6. The molecule has 0 unspecified atom stereocenters. The lowest BCUT2D eigenvalue weighted by molar-refractivity contribution is 0.251. The first-order valence-corrected chi connectivity index (χ1v) is 7.71. The summed E-state index contributed by atoms with van der Waals surface area (Å²) in [5.41, 5.74) is 2.29. The lowest BCUT2D eigenvalue weighted by Gasteiger charge is -2.06. The summed E-state index contributed by atoms with van der Waals surface area (Å²) in [4.78, 5) is 16.3. The monoisotopic (exact) mass is 378 g/mol. The molecule has 0 spiro atoms. The molecule has 22 heavy (non-hydrogen) atoms. The molecule has 2 N–H and O–H groups in total. The Labute approximate surface area is 140 Å². The molecule has 5 nitrogen and oxygen atoms in total. The molecule has 0 radical (unpaired) electrons. The topological polar surface area (TPSA) is 58.4 Å². The maximum atomic E-state index is 11.8. The van der Waals surface area contributed by atoms with Gasteiger partial charge in [0, 0.05) is 27.6 Å². The van der Waals surface area contributed by atoms with Crippen LogP contribution < -0.4 is 10.6 Å². The van der Waals surface area contributed by atoms with E-state index in [0.717, 1.165) is 15.8 Å². The summed E-state index contributed by atoms with van der Waals surface area (Å²) in [5.74, 6) is 0. The van der Waals surface area contributed by atoms with E-state index in [0.29, 0.717) is 17.3 Å². The van der Waals surface area contributed by atoms with Crippen molar-refractivity contribution >= 4 is 44.9 Å². The van der Waals surface area contributed by atoms with E-state index in [9.17, 15) is 4.79 Å². The standard InChI is InChI=1S/C15H12BrClN4O/c16-10-1-6-14-19-13(9-21(14)8-10)7-18-15(22)20-12-4-2-11(17)3-5-12/h1-6,8-9H,7H2,(H2,18,20,22). The number of imidazole rings is 1. The van der Waals surface area contributed by atoms with E-state index < -0.39 is 0 Å². The number of carbonyl (C=O) groups excluding carboxylic acids is 1. The molecule has 2 aromatic heterocycles. The average molecular weight is 380 g/mol. The van der Waals surface area contributed by atoms with Crippen molar-refractivity contribution in [3.8, 4) is 0 Å². The van der Waals surface area contributed by atoms with E-state index in [4.69, 9.17) is 11.6 Å². The third-order valence-corrected chi connectivity index (χ3v) is 3.72. The minimum Gasteiger partial charge on any atom is -0.332 e. The third-order valence-electron chi connectivity index (χ3n) is 3.00. The van der Waals surface area contributed by atoms with Gasteiger partial charge in [0.1, 0.15) is 5.65 Å². The van der Waals surface area contributed by atoms with Gasteiger partial charge >= 0.3 is 6.03 Å². The Morgan fingerprint density at radius 3 is 2.73 bits per heavy atom. The molecule has 2 heterocycles. The van der Waals surface area contributed by atoms with Gasteiger partial charge in [0.25, 0.3) is 0 Å². The van der Waals surface area contributed by atoms with Crippen LogP contribution in [0.5, 0.6) is 0 Å². The van der Waals surface area contributed by atoms with Crippen LogP contribution in [0.25, 0.3) is 5.65 Å². The molecule has 2 amide bonds. The van der Waals surface area contributed by atoms with Crippen molar-refractivity contribution in [3.63, 3.8) is 0 Å². The Morgan fingerprint density at radius 2 is 1.95 bits per heavy atom. The predicted octanol–water partition coefficient (Wildman–Crippen LogP) is 4.07. The number of rotatable bonds is 3. The van der Waals surface area contributed by atoms with Crippen LogP contribution in [0.3, 0.4) is 0 Å². The highest BCUT2D eigenvalue weighted by Crippen LogP contribution is 2.14. The van der Waals surface area contributed by atoms with Gasteiger partial charge in [0.05, 0.1) is 12.2 Å². The van der Waals surface area contributed by atoms with E-state index in [1.807, 2.05) is 28.9 Å². The van der Waals surface area contributed by atoms with Crippen LogP contribution in [0.4, 0.5) is 10.5 Å². The number of aromatic nitrogens is 2. The predicted molar refractivity (Wildman–Crippen MR) is 90.2 cm³/mol. The number of hydrogen-bond acceptors (Lipinski definition) is 2. The van der Waals surface area contributed by atoms with Gasteiger partial charge in [-0.2, -0.15) is 0 Å². The highest BCUT2D eigenvalue weighted by Gasteiger charge is 2.05. The number of pyridine rings is 1. The number of benzene rings is 1. The molecule has 0 fully saturated rings. The van der Waals surface area contributed by atoms with Crippen LogP contribution in [0.15, 0.2) is 53.3 Å². The zero-order valence-electron chi connectivity index (χ0n) is 11.4. The summed E-state index contributed by atoms with van der Waals surface area (Å²) >= 11 is 9.21. The van der Waals surface area contributed by atoms with Gasteiger partial charge in [0.2, 0.25) is 0 Å². The Balaban J connectivity index is 1.61. The van der Waals surface area contributed by atoms with Crippen LogP contribution in [-0.2, 0) is 6.54 Å². The fourth-order valence-electron chi connectivity index (χ4n) is 1.98. The molecule has 0 aliphatic carbocycles. The van der Waals surface area contributed by atoms with Crippen LogP contribution in [0.2, 0.25) is 5.02 Å². The fourth-order valence-corrected chi connectivity index (χ4v) is 2.46. The Hall–Kier alpha value is -2.05. The molecule has 112 valence electrons. The molecule has 3 rings (SSSR count). The van der Waals surface area contributed by atoms with E-state index >= 15 is 0 Å². The number of urea groups is 1. The SMILES string of the molecule is O=C(NCc1cn2cc(Br)ccc2n1)Nc1ccc(Cl)cc1. The van der Waals surface area contributed by atoms with Gasteiger partial charge in [-0.05, 0) is 52.3 Å². The summed E-state index contributed by atoms with van der Waals surface area (Å²) in [6.45, 7) is 0.346. The number of fused-ring (bicyclic) bond motifs is 1. The molecule has 0 saturated carbocycles. The van der Waals surface area contributed by atoms with E-state index in [1.54, 1.807) is 24.3 Å². The minimum absolute atomic E-state index is 0.291. The second-order valence-electron chi connectivity index (χ2n) is 4.66. The summed E-state index contributed by atoms with van der Waals surface area (Å²) in [5, 5.41) is 6.13. The second-order valence-corrected chi connectivity index (χ2v) is 6.01. The molecule has 1 aromatic carbocycles. The number of halogens is 2. The van der Waals surface area contributed by atoms with Crippen LogP contribution in [-0.4, -0.2) is 15.4 Å². The molecular weight excluding hydrogens is 368 g/mol. The van der Waals surface area contributed by atoms with Crippen molar-refractivity contribution in [2.75, 3.05) is 5.32 Å². The normalized spacial score (nSPS) is 10.6. The number of amides is 2. The van der Waals surface area contributed by atoms with Gasteiger partial charge in [-0.25, -0.2) is 9.78 Å². The van der Waals surface area contributed by atoms with Gasteiger partial charge in [-0.1, -0.05) is 11.6 Å². The first-order valence-electron chi connectivity index (χ1n) is 6.54. The molecule has 3 aromatic rings. The highest BCUT2D eigenvalue weighted by molar-refractivity contribution is 9.10. The summed E-state index contributed by atoms with van der Waals surface area (Å²) < 4.78 is 2.87. The maximum Gasteiger partial charge on any atom is 0.319 e. The Bertz CT molecular complexity index is 816. The van der Waals surface area contributed by atoms with E-state index in [1.165, 1.54) is 0 Å². The summed E-state index contributed by atoms with van der Waals surface area (Å²) in [6, 6.07) is 10.5. The van der Waals surface area contributed by atoms with Crippen LogP contribution in [0.1, 0.15) is 5.69 Å². The molecule has 7 heteroatoms. The van der Waals surface area contributed by atoms with Crippen molar-refractivity contribution in [1.82, 2.24) is 14.7 Å². The van der Waals surface area contributed by atoms with Crippen molar-refractivity contribution < 1.29 is 4.79 Å². The molecule has 0 bridgehead atoms. The Morgan fingerprint density at radius 1 is 1.18 bits per heavy atom. The van der Waals surface area contributed by atoms with Crippen LogP contribution in [0, 0.1) is 0 Å². The lowest BCUT2D eigenvalue weighted by atomic mass is 10.3. The van der Waals surface area contributed by atoms with Crippen molar-refractivity contribution in [1.29, 1.82) is 0 Å². The van der Waals surface area contributed by atoms with Crippen molar-refractivity contribution in [2.24, 2.45) is 0 Å². The van der Waals surface area contributed by atoms with Crippen LogP contribution >= 0.6 is 27.5 Å². The third kappa shape index (κ3) is 3.58. The summed E-state index contributed by atoms with van der Waals surface area (Å²) in [7, 11) is 0. The number of hydrogen-bond donors (Lipinski definition) is 2. The molecule has 0 atom stereocenters. The average Bonchev–Trinajstić information content (AvgIpc) is 2.89. The summed E-state index contributed by atoms with van der Waals surface area (Å²) in [6.07, 6.45) is 3.79. The van der Waals surface area contributed by atoms with Gasteiger partial charge < -0.3 is 15.0 Å². The zero-order valence-corrected chi connectivity index (χ0v) is 13.7. The molecule has 0 saturated heterocycles. The Kier molecular flexibility index (Phi) is 4.31. The lowest BCUT2D eigenvalue weighted by Crippen LogP contribution is -2.28. The largest absolute Gasteiger partial charge is 0.332 e. The van der Waals surface area contributed by atoms with Gasteiger partial charge in [-0.15, -0.1) is 0 Å². The number of nitrogens with zero attached hydrogens (tertiary/aromatic N) is 2. The quantitative estimate of drug-likeness (QED) is 0.720. The highest BCUT2D eigenvalue weighted by atomic mass is 79.9. The fraction of sp³-hybridized carbons (Fsp3) is 0.0667. The smallest absolute Gasteiger partial charge is 0.319 e. The van der Waals surface area contributed by atoms with E-state index in [-0.39, 0.29) is 6.03 Å². The minimum atomic E-state index is -0.291. The molecular formula is C15H12BrClN4O. The number of anilines is 1. The first kappa shape index (κ1) is 14.9. The van der Waals surface area contributed by atoms with Gasteiger partial charge in [-0.3, -0.25) is 0 Å². The second kappa shape index (κ2) is 6.37. The molecule has 0 aliphatic heterocycles. The van der Waals surface area contributed by atoms with Crippen molar-refractivity contribution in [2.45, 2.75) is 6.54 Å². The number of nitrogens with one attached hydrogen (secondary N) is 2. The maximum absolute atomic E-state index is 11.8. The van der Waals surface area contributed by atoms with E-state index in [2.05, 4.69) is 31.5 Å².